The maximum atomic E-state index is 2.87. The largest absolute Gasteiger partial charge is 0.394 e. The molecule has 0 bridgehead atoms. The second kappa shape index (κ2) is 5.28. The summed E-state index contributed by atoms with van der Waals surface area (Å²) in [6.07, 6.45) is 7.77. The molecule has 40 valence electrons. The molecule has 1 heteroatoms. The summed E-state index contributed by atoms with van der Waals surface area (Å²) in [6, 6.07) is 0. The molecule has 7 heavy (non-hydrogen) atoms. The van der Waals surface area contributed by atoms with E-state index in [1.807, 2.05) is 38.4 Å². The maximum Gasteiger partial charge on any atom is 0.00277 e. The highest BCUT2D eigenvalue weighted by atomic mass is 14.8. The molecule has 0 aromatic rings. The van der Waals surface area contributed by atoms with E-state index in [0.717, 1.165) is 0 Å². The fourth-order valence-corrected chi connectivity index (χ4v) is 0.263. The van der Waals surface area contributed by atoms with Gasteiger partial charge >= 0.3 is 0 Å². The molecule has 0 fully saturated rings. The van der Waals surface area contributed by atoms with Gasteiger partial charge in [0, 0.05) is 7.05 Å². The molecule has 0 aliphatic carbocycles. The van der Waals surface area contributed by atoms with Gasteiger partial charge in [0.05, 0.1) is 0 Å². The quantitative estimate of drug-likeness (QED) is 0.512. The van der Waals surface area contributed by atoms with Gasteiger partial charge in [-0.2, -0.15) is 0 Å². The van der Waals surface area contributed by atoms with E-state index in [4.69, 9.17) is 0 Å². The zero-order valence-electron chi connectivity index (χ0n) is 4.81. The van der Waals surface area contributed by atoms with Gasteiger partial charge in [0.1, 0.15) is 0 Å². The summed E-state index contributed by atoms with van der Waals surface area (Å²) < 4.78 is 0. The van der Waals surface area contributed by atoms with Crippen LogP contribution in [0.25, 0.3) is 0 Å². The van der Waals surface area contributed by atoms with Crippen LogP contribution in [0.3, 0.4) is 0 Å². The van der Waals surface area contributed by atoms with Crippen molar-refractivity contribution in [2.75, 3.05) is 7.05 Å². The molecule has 1 N–H and O–H groups in total. The van der Waals surface area contributed by atoms with Gasteiger partial charge in [0.15, 0.2) is 0 Å². The number of rotatable bonds is 2. The summed E-state index contributed by atoms with van der Waals surface area (Å²) >= 11 is 0. The van der Waals surface area contributed by atoms with Crippen molar-refractivity contribution in [2.24, 2.45) is 0 Å². The van der Waals surface area contributed by atoms with Gasteiger partial charge in [-0.3, -0.25) is 0 Å². The summed E-state index contributed by atoms with van der Waals surface area (Å²) in [5, 5.41) is 2.87. The molecule has 0 heterocycles. The van der Waals surface area contributed by atoms with E-state index in [-0.39, 0.29) is 0 Å². The Balaban J connectivity index is 3.09. The van der Waals surface area contributed by atoms with Crippen molar-refractivity contribution in [1.82, 2.24) is 5.32 Å². The van der Waals surface area contributed by atoms with Crippen molar-refractivity contribution in [3.63, 3.8) is 0 Å². The third kappa shape index (κ3) is 5.28. The molecule has 1 nitrogen and oxygen atoms in total. The van der Waals surface area contributed by atoms with E-state index in [0.29, 0.717) is 0 Å². The number of hydrogen-bond donors (Lipinski definition) is 1. The molecule has 0 saturated heterocycles. The molecule has 0 amide bonds. The van der Waals surface area contributed by atoms with Crippen molar-refractivity contribution >= 4 is 0 Å². The van der Waals surface area contributed by atoms with E-state index in [9.17, 15) is 0 Å². The SMILES string of the molecule is C/C=C/C=C/NC. The van der Waals surface area contributed by atoms with Crippen molar-refractivity contribution in [3.8, 4) is 0 Å². The zero-order chi connectivity index (χ0) is 5.54. The number of nitrogens with one attached hydrogen (secondary N) is 1. The fraction of sp³-hybridized carbons (Fsp3) is 0.333. The van der Waals surface area contributed by atoms with E-state index in [1.165, 1.54) is 0 Å². The first-order valence-corrected chi connectivity index (χ1v) is 2.37. The van der Waals surface area contributed by atoms with E-state index in [1.54, 1.807) is 0 Å². The predicted molar refractivity (Wildman–Crippen MR) is 33.0 cm³/mol. The maximum absolute atomic E-state index is 2.87. The lowest BCUT2D eigenvalue weighted by Crippen LogP contribution is -1.89. The number of hydrogen-bond acceptors (Lipinski definition) is 1. The van der Waals surface area contributed by atoms with Crippen LogP contribution < -0.4 is 5.32 Å². The summed E-state index contributed by atoms with van der Waals surface area (Å²) in [6.45, 7) is 1.99. The summed E-state index contributed by atoms with van der Waals surface area (Å²) in [5.41, 5.74) is 0. The Morgan fingerprint density at radius 1 is 1.29 bits per heavy atom. The second-order valence-corrected chi connectivity index (χ2v) is 1.17. The van der Waals surface area contributed by atoms with Crippen molar-refractivity contribution < 1.29 is 0 Å². The molecule has 0 aromatic heterocycles. The third-order valence-corrected chi connectivity index (χ3v) is 0.566. The minimum atomic E-state index is 1.88. The second-order valence-electron chi connectivity index (χ2n) is 1.17. The van der Waals surface area contributed by atoms with Gasteiger partial charge in [-0.15, -0.1) is 0 Å². The topological polar surface area (TPSA) is 12.0 Å². The van der Waals surface area contributed by atoms with Crippen LogP contribution in [-0.2, 0) is 0 Å². The predicted octanol–water partition coefficient (Wildman–Crippen LogP) is 1.30. The van der Waals surface area contributed by atoms with Crippen LogP contribution in [-0.4, -0.2) is 7.05 Å². The van der Waals surface area contributed by atoms with Crippen LogP contribution in [0.15, 0.2) is 24.4 Å². The van der Waals surface area contributed by atoms with E-state index < -0.39 is 0 Å². The molecule has 0 unspecified atom stereocenters. The average molecular weight is 97.2 g/mol. The fourth-order valence-electron chi connectivity index (χ4n) is 0.263. The third-order valence-electron chi connectivity index (χ3n) is 0.566. The molecule has 0 aliphatic rings. The molecule has 0 atom stereocenters. The van der Waals surface area contributed by atoms with Crippen LogP contribution >= 0.6 is 0 Å². The van der Waals surface area contributed by atoms with Crippen LogP contribution in [0, 0.1) is 0 Å². The Morgan fingerprint density at radius 2 is 2.00 bits per heavy atom. The zero-order valence-corrected chi connectivity index (χ0v) is 4.81. The van der Waals surface area contributed by atoms with Crippen LogP contribution in [0.2, 0.25) is 0 Å². The molecule has 0 rings (SSSR count). The van der Waals surface area contributed by atoms with Crippen molar-refractivity contribution in [3.05, 3.63) is 24.4 Å². The minimum Gasteiger partial charge on any atom is -0.394 e. The minimum absolute atomic E-state index is 1.88. The monoisotopic (exact) mass is 97.1 g/mol. The van der Waals surface area contributed by atoms with Gasteiger partial charge < -0.3 is 5.32 Å². The van der Waals surface area contributed by atoms with Crippen molar-refractivity contribution in [1.29, 1.82) is 0 Å². The molecule has 0 aliphatic heterocycles. The molecule has 0 radical (unpaired) electrons. The average Bonchev–Trinajstić information content (AvgIpc) is 1.69. The summed E-state index contributed by atoms with van der Waals surface area (Å²) in [4.78, 5) is 0. The smallest absolute Gasteiger partial charge is 0.00277 e. The van der Waals surface area contributed by atoms with Gasteiger partial charge in [0.2, 0.25) is 0 Å². The van der Waals surface area contributed by atoms with Crippen LogP contribution in [0.5, 0.6) is 0 Å². The van der Waals surface area contributed by atoms with Gasteiger partial charge in [-0.05, 0) is 19.2 Å². The lowest BCUT2D eigenvalue weighted by Gasteiger charge is -1.77. The highest BCUT2D eigenvalue weighted by Crippen LogP contribution is 1.69. The summed E-state index contributed by atoms with van der Waals surface area (Å²) in [5.74, 6) is 0. The lowest BCUT2D eigenvalue weighted by atomic mass is 10.5. The molecule has 0 aromatic carbocycles. The first-order valence-electron chi connectivity index (χ1n) is 2.37. The molecule has 0 spiro atoms. The Kier molecular flexibility index (Phi) is 4.74. The first kappa shape index (κ1) is 6.28. The number of allylic oxidation sites excluding steroid dienone is 3. The molecular weight excluding hydrogens is 86.1 g/mol. The Bertz CT molecular complexity index is 72.2. The Hall–Kier alpha value is -0.720. The van der Waals surface area contributed by atoms with Crippen LogP contribution in [0.1, 0.15) is 6.92 Å². The Labute approximate surface area is 44.7 Å². The lowest BCUT2D eigenvalue weighted by molar-refractivity contribution is 1.10. The molecular formula is C6H11N. The first-order chi connectivity index (χ1) is 3.41. The van der Waals surface area contributed by atoms with Crippen LogP contribution in [0.4, 0.5) is 0 Å². The highest BCUT2D eigenvalue weighted by Gasteiger charge is 1.54. The van der Waals surface area contributed by atoms with Gasteiger partial charge in [-0.25, -0.2) is 0 Å². The highest BCUT2D eigenvalue weighted by molar-refractivity contribution is 4.99. The van der Waals surface area contributed by atoms with E-state index >= 15 is 0 Å². The standard InChI is InChI=1S/C6H11N/c1-3-4-5-6-7-2/h3-7H,1-2H3/b4-3+,6-5+. The Morgan fingerprint density at radius 3 is 2.43 bits per heavy atom. The summed E-state index contributed by atoms with van der Waals surface area (Å²) in [7, 11) is 1.88. The van der Waals surface area contributed by atoms with Gasteiger partial charge in [-0.1, -0.05) is 12.2 Å². The molecule has 0 saturated carbocycles. The van der Waals surface area contributed by atoms with E-state index in [2.05, 4.69) is 5.32 Å². The van der Waals surface area contributed by atoms with Crippen molar-refractivity contribution in [2.45, 2.75) is 6.92 Å². The normalized spacial score (nSPS) is 11.1. The van der Waals surface area contributed by atoms with Gasteiger partial charge in [0.25, 0.3) is 0 Å².